The molecule has 1 aliphatic heterocycles. The van der Waals surface area contributed by atoms with E-state index in [-0.39, 0.29) is 18.1 Å². The second kappa shape index (κ2) is 9.03. The number of hydrogen-bond acceptors (Lipinski definition) is 5. The molecule has 3 rings (SSSR count). The average Bonchev–Trinajstić information content (AvgIpc) is 2.69. The molecule has 2 heterocycles. The van der Waals surface area contributed by atoms with Crippen molar-refractivity contribution in [2.24, 2.45) is 0 Å². The number of piperidine rings is 1. The van der Waals surface area contributed by atoms with Crippen molar-refractivity contribution in [1.29, 1.82) is 0 Å². The van der Waals surface area contributed by atoms with Gasteiger partial charge in [-0.1, -0.05) is 30.3 Å². The van der Waals surface area contributed by atoms with Gasteiger partial charge in [0.1, 0.15) is 6.10 Å². The van der Waals surface area contributed by atoms with Crippen LogP contribution in [0.4, 0.5) is 4.79 Å². The Bertz CT molecular complexity index is 711. The van der Waals surface area contributed by atoms with Gasteiger partial charge in [-0.25, -0.2) is 9.78 Å². The molecule has 1 atom stereocenters. The molecule has 138 valence electrons. The summed E-state index contributed by atoms with van der Waals surface area (Å²) in [6.07, 6.45) is 4.13. The van der Waals surface area contributed by atoms with Crippen LogP contribution in [0.15, 0.2) is 42.6 Å². The largest absolute Gasteiger partial charge is 0.472 e. The number of rotatable bonds is 6. The van der Waals surface area contributed by atoms with Crippen molar-refractivity contribution < 1.29 is 14.3 Å². The van der Waals surface area contributed by atoms with Crippen molar-refractivity contribution in [3.63, 3.8) is 0 Å². The van der Waals surface area contributed by atoms with Gasteiger partial charge in [0.25, 0.3) is 0 Å². The summed E-state index contributed by atoms with van der Waals surface area (Å²) in [5, 5.41) is 2.99. The van der Waals surface area contributed by atoms with Gasteiger partial charge in [0.05, 0.1) is 13.7 Å². The molecule has 7 nitrogen and oxygen atoms in total. The van der Waals surface area contributed by atoms with Gasteiger partial charge in [-0.15, -0.1) is 0 Å². The zero-order chi connectivity index (χ0) is 18.2. The first-order valence-electron chi connectivity index (χ1n) is 8.85. The van der Waals surface area contributed by atoms with E-state index in [4.69, 9.17) is 9.47 Å². The van der Waals surface area contributed by atoms with Crippen LogP contribution in [0, 0.1) is 0 Å². The smallest absolute Gasteiger partial charge is 0.319 e. The Labute approximate surface area is 153 Å². The Morgan fingerprint density at radius 3 is 2.96 bits per heavy atom. The normalized spacial score (nSPS) is 16.8. The SMILES string of the molecule is COc1nccc(OC2CCCN(C(=O)NCCc3ccccc3)C2)n1. The summed E-state index contributed by atoms with van der Waals surface area (Å²) < 4.78 is 10.9. The number of carbonyl (C=O) groups is 1. The van der Waals surface area contributed by atoms with Gasteiger partial charge in [-0.3, -0.25) is 0 Å². The first kappa shape index (κ1) is 18.0. The van der Waals surface area contributed by atoms with Crippen LogP contribution in [-0.2, 0) is 6.42 Å². The van der Waals surface area contributed by atoms with E-state index < -0.39 is 0 Å². The molecule has 2 aromatic rings. The molecule has 1 unspecified atom stereocenters. The van der Waals surface area contributed by atoms with Gasteiger partial charge in [0.2, 0.25) is 5.88 Å². The first-order chi connectivity index (χ1) is 12.7. The number of ether oxygens (including phenoxy) is 2. The van der Waals surface area contributed by atoms with Gasteiger partial charge in [-0.05, 0) is 24.8 Å². The lowest BCUT2D eigenvalue weighted by Crippen LogP contribution is -2.49. The molecule has 1 aromatic carbocycles. The molecule has 1 N–H and O–H groups in total. The summed E-state index contributed by atoms with van der Waals surface area (Å²) >= 11 is 0. The molecule has 1 aromatic heterocycles. The standard InChI is InChI=1S/C19H24N4O3/c1-25-18-20-12-10-17(22-18)26-16-8-5-13-23(14-16)19(24)21-11-9-15-6-3-2-4-7-15/h2-4,6-7,10,12,16H,5,8-9,11,13-14H2,1H3,(H,21,24). The molecule has 0 aliphatic carbocycles. The summed E-state index contributed by atoms with van der Waals surface area (Å²) in [5.41, 5.74) is 1.21. The molecule has 0 radical (unpaired) electrons. The fraction of sp³-hybridized carbons (Fsp3) is 0.421. The van der Waals surface area contributed by atoms with Gasteiger partial charge in [0.15, 0.2) is 0 Å². The topological polar surface area (TPSA) is 76.6 Å². The molecule has 1 fully saturated rings. The van der Waals surface area contributed by atoms with Gasteiger partial charge < -0.3 is 19.7 Å². The highest BCUT2D eigenvalue weighted by Gasteiger charge is 2.25. The zero-order valence-corrected chi connectivity index (χ0v) is 14.9. The van der Waals surface area contributed by atoms with Crippen molar-refractivity contribution in [2.75, 3.05) is 26.7 Å². The molecular weight excluding hydrogens is 332 g/mol. The minimum atomic E-state index is -0.0803. The lowest BCUT2D eigenvalue weighted by atomic mass is 10.1. The van der Waals surface area contributed by atoms with Gasteiger partial charge >= 0.3 is 12.0 Å². The van der Waals surface area contributed by atoms with E-state index in [0.717, 1.165) is 25.8 Å². The van der Waals surface area contributed by atoms with E-state index in [2.05, 4.69) is 27.4 Å². The highest BCUT2D eigenvalue weighted by atomic mass is 16.5. The minimum absolute atomic E-state index is 0.0468. The molecule has 1 saturated heterocycles. The van der Waals surface area contributed by atoms with Crippen molar-refractivity contribution in [3.05, 3.63) is 48.2 Å². The summed E-state index contributed by atoms with van der Waals surface area (Å²) in [7, 11) is 1.52. The van der Waals surface area contributed by atoms with E-state index in [1.54, 1.807) is 17.2 Å². The Kier molecular flexibility index (Phi) is 6.24. The third kappa shape index (κ3) is 5.08. The molecule has 1 aliphatic rings. The van der Waals surface area contributed by atoms with E-state index in [1.807, 2.05) is 18.2 Å². The lowest BCUT2D eigenvalue weighted by Gasteiger charge is -2.32. The number of urea groups is 1. The van der Waals surface area contributed by atoms with Crippen LogP contribution < -0.4 is 14.8 Å². The number of likely N-dealkylation sites (tertiary alicyclic amines) is 1. The van der Waals surface area contributed by atoms with E-state index in [0.29, 0.717) is 19.0 Å². The van der Waals surface area contributed by atoms with Crippen molar-refractivity contribution in [1.82, 2.24) is 20.2 Å². The van der Waals surface area contributed by atoms with E-state index >= 15 is 0 Å². The number of hydrogen-bond donors (Lipinski definition) is 1. The number of amides is 2. The van der Waals surface area contributed by atoms with Crippen molar-refractivity contribution in [2.45, 2.75) is 25.4 Å². The maximum absolute atomic E-state index is 12.4. The maximum atomic E-state index is 12.4. The predicted octanol–water partition coefficient (Wildman–Crippen LogP) is 2.28. The van der Waals surface area contributed by atoms with E-state index in [9.17, 15) is 4.79 Å². The first-order valence-corrected chi connectivity index (χ1v) is 8.85. The number of nitrogens with zero attached hydrogens (tertiary/aromatic N) is 3. The highest BCUT2D eigenvalue weighted by molar-refractivity contribution is 5.74. The number of aromatic nitrogens is 2. The van der Waals surface area contributed by atoms with Crippen LogP contribution in [0.1, 0.15) is 18.4 Å². The fourth-order valence-electron chi connectivity index (χ4n) is 2.95. The predicted molar refractivity (Wildman–Crippen MR) is 97.4 cm³/mol. The third-order valence-electron chi connectivity index (χ3n) is 4.28. The van der Waals surface area contributed by atoms with Crippen LogP contribution in [0.3, 0.4) is 0 Å². The quantitative estimate of drug-likeness (QED) is 0.859. The minimum Gasteiger partial charge on any atom is -0.472 e. The molecule has 0 spiro atoms. The van der Waals surface area contributed by atoms with Crippen LogP contribution in [0.5, 0.6) is 11.9 Å². The molecule has 7 heteroatoms. The Hall–Kier alpha value is -2.83. The number of benzene rings is 1. The summed E-state index contributed by atoms with van der Waals surface area (Å²) in [6.45, 7) is 1.90. The number of methoxy groups -OCH3 is 1. The molecule has 0 bridgehead atoms. The number of carbonyl (C=O) groups excluding carboxylic acids is 1. The fourth-order valence-corrected chi connectivity index (χ4v) is 2.95. The summed E-state index contributed by atoms with van der Waals surface area (Å²) in [4.78, 5) is 22.3. The Balaban J connectivity index is 1.47. The zero-order valence-electron chi connectivity index (χ0n) is 14.9. The number of nitrogens with one attached hydrogen (secondary N) is 1. The van der Waals surface area contributed by atoms with Crippen molar-refractivity contribution >= 4 is 6.03 Å². The summed E-state index contributed by atoms with van der Waals surface area (Å²) in [6, 6.07) is 12.0. The second-order valence-electron chi connectivity index (χ2n) is 6.18. The average molecular weight is 356 g/mol. The Morgan fingerprint density at radius 1 is 1.31 bits per heavy atom. The highest BCUT2D eigenvalue weighted by Crippen LogP contribution is 2.18. The molecular formula is C19H24N4O3. The monoisotopic (exact) mass is 356 g/mol. The van der Waals surface area contributed by atoms with Crippen LogP contribution in [0.25, 0.3) is 0 Å². The molecule has 26 heavy (non-hydrogen) atoms. The second-order valence-corrected chi connectivity index (χ2v) is 6.18. The summed E-state index contributed by atoms with van der Waals surface area (Å²) in [5.74, 6) is 0.466. The van der Waals surface area contributed by atoms with Gasteiger partial charge in [0, 0.05) is 25.4 Å². The molecule has 0 saturated carbocycles. The third-order valence-corrected chi connectivity index (χ3v) is 4.28. The molecule has 2 amide bonds. The van der Waals surface area contributed by atoms with Gasteiger partial charge in [-0.2, -0.15) is 4.98 Å². The Morgan fingerprint density at radius 2 is 2.15 bits per heavy atom. The lowest BCUT2D eigenvalue weighted by molar-refractivity contribution is 0.0971. The van der Waals surface area contributed by atoms with Crippen molar-refractivity contribution in [3.8, 4) is 11.9 Å². The van der Waals surface area contributed by atoms with Crippen LogP contribution in [0.2, 0.25) is 0 Å². The van der Waals surface area contributed by atoms with Crippen LogP contribution in [-0.4, -0.2) is 53.7 Å². The van der Waals surface area contributed by atoms with Crippen LogP contribution >= 0.6 is 0 Å². The maximum Gasteiger partial charge on any atom is 0.319 e. The van der Waals surface area contributed by atoms with E-state index in [1.165, 1.54) is 12.7 Å².